The minimum atomic E-state index is -0.314. The summed E-state index contributed by atoms with van der Waals surface area (Å²) in [4.78, 5) is 38.1. The maximum Gasteiger partial charge on any atom is 0.275 e. The number of hydrogen-bond donors (Lipinski definition) is 1. The van der Waals surface area contributed by atoms with Gasteiger partial charge in [-0.25, -0.2) is 14.7 Å². The Kier molecular flexibility index (Phi) is 6.30. The second kappa shape index (κ2) is 9.47. The van der Waals surface area contributed by atoms with Crippen LogP contribution in [0.5, 0.6) is 0 Å². The second-order valence-electron chi connectivity index (χ2n) is 7.63. The Bertz CT molecular complexity index is 1110. The molecule has 0 saturated carbocycles. The first-order chi connectivity index (χ1) is 15.5. The van der Waals surface area contributed by atoms with Crippen molar-refractivity contribution in [2.45, 2.75) is 19.8 Å². The highest BCUT2D eigenvalue weighted by atomic mass is 16.2. The Morgan fingerprint density at radius 3 is 2.31 bits per heavy atom. The zero-order valence-electron chi connectivity index (χ0n) is 17.9. The first-order valence-electron chi connectivity index (χ1n) is 10.6. The predicted molar refractivity (Wildman–Crippen MR) is 119 cm³/mol. The van der Waals surface area contributed by atoms with Crippen molar-refractivity contribution in [1.29, 1.82) is 0 Å². The molecule has 3 aromatic rings. The molecule has 0 unspecified atom stereocenters. The van der Waals surface area contributed by atoms with E-state index in [2.05, 4.69) is 10.4 Å². The van der Waals surface area contributed by atoms with Crippen molar-refractivity contribution < 1.29 is 14.4 Å². The molecule has 3 amide bonds. The third kappa shape index (κ3) is 4.54. The van der Waals surface area contributed by atoms with Crippen LogP contribution in [0.4, 0.5) is 0 Å². The van der Waals surface area contributed by atoms with Crippen molar-refractivity contribution in [3.63, 3.8) is 0 Å². The van der Waals surface area contributed by atoms with E-state index in [9.17, 15) is 14.4 Å². The molecule has 2 heterocycles. The Labute approximate surface area is 186 Å². The quantitative estimate of drug-likeness (QED) is 0.648. The Hall–Kier alpha value is -3.94. The molecule has 32 heavy (non-hydrogen) atoms. The van der Waals surface area contributed by atoms with Gasteiger partial charge in [-0.05, 0) is 31.0 Å². The van der Waals surface area contributed by atoms with Crippen molar-refractivity contribution in [3.8, 4) is 5.69 Å². The minimum absolute atomic E-state index is 0.155. The average Bonchev–Trinajstić information content (AvgIpc) is 3.45. The lowest BCUT2D eigenvalue weighted by Crippen LogP contribution is -2.48. The van der Waals surface area contributed by atoms with Crippen LogP contribution >= 0.6 is 0 Å². The normalized spacial score (nSPS) is 13.3. The van der Waals surface area contributed by atoms with Gasteiger partial charge in [-0.1, -0.05) is 48.5 Å². The zero-order chi connectivity index (χ0) is 22.5. The minimum Gasteiger partial charge on any atom is -0.347 e. The largest absolute Gasteiger partial charge is 0.347 e. The van der Waals surface area contributed by atoms with E-state index in [1.807, 2.05) is 67.6 Å². The van der Waals surface area contributed by atoms with Gasteiger partial charge < -0.3 is 5.32 Å². The molecule has 1 aromatic heterocycles. The Morgan fingerprint density at radius 1 is 0.938 bits per heavy atom. The summed E-state index contributed by atoms with van der Waals surface area (Å²) in [5.74, 6) is -0.821. The van der Waals surface area contributed by atoms with Crippen LogP contribution in [0.15, 0.2) is 66.9 Å². The summed E-state index contributed by atoms with van der Waals surface area (Å²) in [5.41, 5.74) is 2.89. The number of nitrogens with zero attached hydrogens (tertiary/aromatic N) is 4. The summed E-state index contributed by atoms with van der Waals surface area (Å²) in [6, 6.07) is 18.9. The number of benzene rings is 2. The third-order valence-electron chi connectivity index (χ3n) is 5.44. The molecule has 1 fully saturated rings. The Morgan fingerprint density at radius 2 is 1.59 bits per heavy atom. The van der Waals surface area contributed by atoms with Gasteiger partial charge in [0.2, 0.25) is 5.91 Å². The van der Waals surface area contributed by atoms with E-state index in [-0.39, 0.29) is 30.7 Å². The fourth-order valence-electron chi connectivity index (χ4n) is 3.78. The zero-order valence-corrected chi connectivity index (χ0v) is 17.9. The first kappa shape index (κ1) is 21.3. The molecule has 8 heteroatoms. The maximum absolute atomic E-state index is 13.2. The predicted octanol–water partition coefficient (Wildman–Crippen LogP) is 2.13. The van der Waals surface area contributed by atoms with Crippen LogP contribution in [-0.2, 0) is 16.0 Å². The summed E-state index contributed by atoms with van der Waals surface area (Å²) in [6.07, 6.45) is 2.42. The third-order valence-corrected chi connectivity index (χ3v) is 5.44. The van der Waals surface area contributed by atoms with Gasteiger partial charge in [0.1, 0.15) is 0 Å². The van der Waals surface area contributed by atoms with Crippen molar-refractivity contribution in [1.82, 2.24) is 25.1 Å². The van der Waals surface area contributed by atoms with Gasteiger partial charge in [0.15, 0.2) is 0 Å². The van der Waals surface area contributed by atoms with E-state index in [0.717, 1.165) is 11.3 Å². The molecule has 1 aliphatic heterocycles. The number of aromatic nitrogens is 2. The smallest absolute Gasteiger partial charge is 0.275 e. The fourth-order valence-corrected chi connectivity index (χ4v) is 3.78. The van der Waals surface area contributed by atoms with Gasteiger partial charge in [-0.15, -0.1) is 0 Å². The molecule has 0 bridgehead atoms. The summed E-state index contributed by atoms with van der Waals surface area (Å²) in [7, 11) is 0. The number of carbonyl (C=O) groups excluding carboxylic acids is 3. The number of nitrogens with one attached hydrogen (secondary N) is 1. The summed E-state index contributed by atoms with van der Waals surface area (Å²) in [6.45, 7) is 2.56. The average molecular weight is 431 g/mol. The molecule has 0 atom stereocenters. The van der Waals surface area contributed by atoms with Gasteiger partial charge in [0, 0.05) is 13.1 Å². The van der Waals surface area contributed by atoms with Crippen molar-refractivity contribution in [2.24, 2.45) is 0 Å². The van der Waals surface area contributed by atoms with Crippen LogP contribution < -0.4 is 5.32 Å². The molecule has 1 N–H and O–H groups in total. The first-order valence-corrected chi connectivity index (χ1v) is 10.6. The summed E-state index contributed by atoms with van der Waals surface area (Å²) in [5, 5.41) is 9.89. The summed E-state index contributed by atoms with van der Waals surface area (Å²) >= 11 is 0. The van der Waals surface area contributed by atoms with E-state index in [1.54, 1.807) is 4.68 Å². The highest BCUT2D eigenvalue weighted by Gasteiger charge is 2.33. The van der Waals surface area contributed by atoms with Gasteiger partial charge in [-0.2, -0.15) is 5.10 Å². The van der Waals surface area contributed by atoms with Crippen LogP contribution in [0.25, 0.3) is 5.69 Å². The van der Waals surface area contributed by atoms with Crippen molar-refractivity contribution >= 4 is 17.7 Å². The number of para-hydroxylation sites is 1. The molecule has 164 valence electrons. The molecule has 4 rings (SSSR count). The SMILES string of the molecule is Cc1c(C(=O)N2CCCN2C(=O)CNC(=O)Cc2ccccc2)cnn1-c1ccccc1. The number of hydrazine groups is 1. The highest BCUT2D eigenvalue weighted by molar-refractivity contribution is 5.97. The van der Waals surface area contributed by atoms with E-state index >= 15 is 0 Å². The van der Waals surface area contributed by atoms with E-state index in [4.69, 9.17) is 0 Å². The number of carbonyl (C=O) groups is 3. The van der Waals surface area contributed by atoms with Gasteiger partial charge in [0.25, 0.3) is 11.8 Å². The van der Waals surface area contributed by atoms with E-state index < -0.39 is 0 Å². The monoisotopic (exact) mass is 431 g/mol. The van der Waals surface area contributed by atoms with Crippen LogP contribution in [0.3, 0.4) is 0 Å². The van der Waals surface area contributed by atoms with Gasteiger partial charge in [0.05, 0.1) is 36.1 Å². The molecule has 0 radical (unpaired) electrons. The lowest BCUT2D eigenvalue weighted by Gasteiger charge is -2.28. The molecule has 2 aromatic carbocycles. The van der Waals surface area contributed by atoms with Crippen LogP contribution in [0.1, 0.15) is 28.0 Å². The molecule has 0 spiro atoms. The number of hydrogen-bond acceptors (Lipinski definition) is 4. The standard InChI is InChI=1S/C24H25N5O3/c1-18-21(16-26-29(18)20-11-6-3-7-12-20)24(32)28-14-8-13-27(28)23(31)17-25-22(30)15-19-9-4-2-5-10-19/h2-7,9-12,16H,8,13-15,17H2,1H3,(H,25,30). The number of amides is 3. The Balaban J connectivity index is 1.40. The number of rotatable bonds is 6. The van der Waals surface area contributed by atoms with Crippen LogP contribution in [-0.4, -0.2) is 57.2 Å². The topological polar surface area (TPSA) is 87.5 Å². The lowest BCUT2D eigenvalue weighted by molar-refractivity contribution is -0.140. The highest BCUT2D eigenvalue weighted by Crippen LogP contribution is 2.19. The van der Waals surface area contributed by atoms with Gasteiger partial charge in [-0.3, -0.25) is 14.4 Å². The molecule has 1 aliphatic rings. The molecule has 0 aliphatic carbocycles. The summed E-state index contributed by atoms with van der Waals surface area (Å²) < 4.78 is 1.71. The second-order valence-corrected chi connectivity index (χ2v) is 7.63. The fraction of sp³-hybridized carbons (Fsp3) is 0.250. The van der Waals surface area contributed by atoms with Crippen molar-refractivity contribution in [2.75, 3.05) is 19.6 Å². The molecular formula is C24H25N5O3. The van der Waals surface area contributed by atoms with Gasteiger partial charge >= 0.3 is 0 Å². The molecule has 8 nitrogen and oxygen atoms in total. The van der Waals surface area contributed by atoms with Crippen molar-refractivity contribution in [3.05, 3.63) is 83.7 Å². The molecule has 1 saturated heterocycles. The lowest BCUT2D eigenvalue weighted by atomic mass is 10.1. The maximum atomic E-state index is 13.2. The van der Waals surface area contributed by atoms with E-state index in [0.29, 0.717) is 30.8 Å². The van der Waals surface area contributed by atoms with Crippen LogP contribution in [0.2, 0.25) is 0 Å². The van der Waals surface area contributed by atoms with Crippen LogP contribution in [0, 0.1) is 6.92 Å². The van der Waals surface area contributed by atoms with E-state index in [1.165, 1.54) is 16.2 Å². The molecular weight excluding hydrogens is 406 g/mol.